The SMILES string of the molecule is Cc1cccc2c(-c3nc(C(=O)N4CCN(C)CC4)c(-c4ccc(F)c(O)c4)s3)n[nH]c12. The number of benzene rings is 2. The summed E-state index contributed by atoms with van der Waals surface area (Å²) in [5, 5.41) is 19.0. The van der Waals surface area contributed by atoms with Crippen molar-refractivity contribution in [2.45, 2.75) is 6.92 Å². The van der Waals surface area contributed by atoms with E-state index in [0.29, 0.717) is 39.9 Å². The Morgan fingerprint density at radius 2 is 1.97 bits per heavy atom. The molecule has 1 saturated heterocycles. The highest BCUT2D eigenvalue weighted by Gasteiger charge is 2.28. The topological polar surface area (TPSA) is 85.3 Å². The average Bonchev–Trinajstić information content (AvgIpc) is 3.41. The van der Waals surface area contributed by atoms with Crippen LogP contribution >= 0.6 is 11.3 Å². The quantitative estimate of drug-likeness (QED) is 0.494. The summed E-state index contributed by atoms with van der Waals surface area (Å²) in [5.74, 6) is -1.34. The van der Waals surface area contributed by atoms with E-state index in [2.05, 4.69) is 15.1 Å². The highest BCUT2D eigenvalue weighted by atomic mass is 32.1. The van der Waals surface area contributed by atoms with Gasteiger partial charge in [0.05, 0.1) is 10.4 Å². The molecular formula is C23H22FN5O2S. The summed E-state index contributed by atoms with van der Waals surface area (Å²) in [5.41, 5.74) is 3.49. The number of hydrogen-bond acceptors (Lipinski definition) is 6. The van der Waals surface area contributed by atoms with E-state index in [1.807, 2.05) is 32.2 Å². The average molecular weight is 452 g/mol. The van der Waals surface area contributed by atoms with Gasteiger partial charge in [0.25, 0.3) is 5.91 Å². The standard InChI is InChI=1S/C23H22FN5O2S/c1-13-4-3-5-15-18(13)26-27-19(15)22-25-20(23(31)29-10-8-28(2)9-11-29)21(32-22)14-6-7-16(24)17(30)12-14/h3-7,12,30H,8-11H2,1-2H3,(H,26,27). The molecule has 1 amide bonds. The zero-order valence-electron chi connectivity index (χ0n) is 17.7. The molecule has 9 heteroatoms. The second-order valence-electron chi connectivity index (χ2n) is 8.03. The highest BCUT2D eigenvalue weighted by Crippen LogP contribution is 2.39. The normalized spacial score (nSPS) is 14.9. The van der Waals surface area contributed by atoms with E-state index in [1.165, 1.54) is 23.5 Å². The van der Waals surface area contributed by atoms with Gasteiger partial charge in [0.1, 0.15) is 16.4 Å². The third-order valence-corrected chi connectivity index (χ3v) is 6.95. The van der Waals surface area contributed by atoms with Gasteiger partial charge in [0, 0.05) is 31.6 Å². The van der Waals surface area contributed by atoms with Crippen LogP contribution in [0, 0.1) is 12.7 Å². The number of carbonyl (C=O) groups excluding carboxylic acids is 1. The summed E-state index contributed by atoms with van der Waals surface area (Å²) < 4.78 is 13.7. The van der Waals surface area contributed by atoms with Crippen molar-refractivity contribution >= 4 is 28.1 Å². The number of nitrogens with zero attached hydrogens (tertiary/aromatic N) is 4. The number of phenolic OH excluding ortho intramolecular Hbond substituents is 1. The molecule has 2 aromatic carbocycles. The van der Waals surface area contributed by atoms with Gasteiger partial charge in [-0.1, -0.05) is 24.3 Å². The van der Waals surface area contributed by atoms with Crippen LogP contribution in [-0.2, 0) is 0 Å². The molecule has 1 aliphatic rings. The van der Waals surface area contributed by atoms with Crippen molar-refractivity contribution in [2.75, 3.05) is 33.2 Å². The lowest BCUT2D eigenvalue weighted by Gasteiger charge is -2.32. The number of halogens is 1. The largest absolute Gasteiger partial charge is 0.505 e. The van der Waals surface area contributed by atoms with Gasteiger partial charge >= 0.3 is 0 Å². The molecule has 1 fully saturated rings. The third kappa shape index (κ3) is 3.53. The lowest BCUT2D eigenvalue weighted by Crippen LogP contribution is -2.47. The number of fused-ring (bicyclic) bond motifs is 1. The summed E-state index contributed by atoms with van der Waals surface area (Å²) in [4.78, 5) is 22.7. The third-order valence-electron chi connectivity index (χ3n) is 5.84. The number of aromatic hydroxyl groups is 1. The van der Waals surface area contributed by atoms with E-state index in [1.54, 1.807) is 11.0 Å². The number of rotatable bonds is 3. The number of carbonyl (C=O) groups is 1. The first kappa shape index (κ1) is 20.6. The van der Waals surface area contributed by atoms with Crippen LogP contribution in [-0.4, -0.2) is 69.2 Å². The Morgan fingerprint density at radius 3 is 2.72 bits per heavy atom. The molecule has 0 atom stereocenters. The number of phenols is 1. The van der Waals surface area contributed by atoms with E-state index < -0.39 is 11.6 Å². The van der Waals surface area contributed by atoms with Gasteiger partial charge in [0.2, 0.25) is 0 Å². The summed E-state index contributed by atoms with van der Waals surface area (Å²) in [7, 11) is 2.03. The van der Waals surface area contributed by atoms with Crippen molar-refractivity contribution in [3.8, 4) is 26.9 Å². The zero-order chi connectivity index (χ0) is 22.4. The van der Waals surface area contributed by atoms with Gasteiger partial charge in [0.15, 0.2) is 11.6 Å². The van der Waals surface area contributed by atoms with E-state index in [4.69, 9.17) is 4.98 Å². The lowest BCUT2D eigenvalue weighted by atomic mass is 10.1. The zero-order valence-corrected chi connectivity index (χ0v) is 18.5. The van der Waals surface area contributed by atoms with Crippen molar-refractivity contribution < 1.29 is 14.3 Å². The second kappa shape index (κ2) is 7.99. The summed E-state index contributed by atoms with van der Waals surface area (Å²) in [6, 6.07) is 10.0. The molecule has 5 rings (SSSR count). The molecule has 4 aromatic rings. The fourth-order valence-corrected chi connectivity index (χ4v) is 4.98. The van der Waals surface area contributed by atoms with Crippen molar-refractivity contribution in [3.05, 3.63) is 53.5 Å². The van der Waals surface area contributed by atoms with Gasteiger partial charge in [-0.25, -0.2) is 9.37 Å². The van der Waals surface area contributed by atoms with Crippen LogP contribution in [0.3, 0.4) is 0 Å². The molecule has 32 heavy (non-hydrogen) atoms. The number of aromatic amines is 1. The number of nitrogens with one attached hydrogen (secondary N) is 1. The van der Waals surface area contributed by atoms with E-state index in [-0.39, 0.29) is 5.91 Å². The minimum absolute atomic E-state index is 0.171. The molecule has 0 unspecified atom stereocenters. The predicted octanol–water partition coefficient (Wildman–Crippen LogP) is 3.89. The first-order valence-corrected chi connectivity index (χ1v) is 11.2. The molecule has 1 aliphatic heterocycles. The Labute approximate surface area is 188 Å². The van der Waals surface area contributed by atoms with Gasteiger partial charge in [-0.15, -0.1) is 11.3 Å². The van der Waals surface area contributed by atoms with Crippen molar-refractivity contribution in [2.24, 2.45) is 0 Å². The molecule has 7 nitrogen and oxygen atoms in total. The van der Waals surface area contributed by atoms with Gasteiger partial charge in [-0.2, -0.15) is 5.10 Å². The first-order valence-electron chi connectivity index (χ1n) is 10.3. The summed E-state index contributed by atoms with van der Waals surface area (Å²) in [6.45, 7) is 4.81. The maximum absolute atomic E-state index is 13.7. The fourth-order valence-electron chi connectivity index (χ4n) is 3.92. The Bertz CT molecular complexity index is 1320. The number of thiazole rings is 1. The van der Waals surface area contributed by atoms with Crippen molar-refractivity contribution in [1.29, 1.82) is 0 Å². The van der Waals surface area contributed by atoms with Crippen LogP contribution < -0.4 is 0 Å². The van der Waals surface area contributed by atoms with Crippen molar-refractivity contribution in [1.82, 2.24) is 25.0 Å². The molecule has 164 valence electrons. The smallest absolute Gasteiger partial charge is 0.274 e. The molecule has 2 aromatic heterocycles. The molecule has 2 N–H and O–H groups in total. The molecule has 0 saturated carbocycles. The number of likely N-dealkylation sites (N-methyl/N-ethyl adjacent to an activating group) is 1. The number of H-pyrrole nitrogens is 1. The number of amides is 1. The number of hydrogen-bond donors (Lipinski definition) is 2. The van der Waals surface area contributed by atoms with Crippen LogP contribution in [0.15, 0.2) is 36.4 Å². The molecular weight excluding hydrogens is 429 g/mol. The van der Waals surface area contributed by atoms with Crippen LogP contribution in [0.25, 0.3) is 32.0 Å². The minimum atomic E-state index is -0.709. The summed E-state index contributed by atoms with van der Waals surface area (Å²) >= 11 is 1.31. The van der Waals surface area contributed by atoms with Gasteiger partial charge in [-0.05, 0) is 37.2 Å². The van der Waals surface area contributed by atoms with E-state index in [9.17, 15) is 14.3 Å². The van der Waals surface area contributed by atoms with E-state index in [0.717, 1.165) is 29.6 Å². The molecule has 0 bridgehead atoms. The lowest BCUT2D eigenvalue weighted by molar-refractivity contribution is 0.0660. The number of aryl methyl sites for hydroxylation is 1. The van der Waals surface area contributed by atoms with Crippen LogP contribution in [0.4, 0.5) is 4.39 Å². The van der Waals surface area contributed by atoms with Crippen LogP contribution in [0.1, 0.15) is 16.1 Å². The molecule has 0 spiro atoms. The minimum Gasteiger partial charge on any atom is -0.505 e. The predicted molar refractivity (Wildman–Crippen MR) is 122 cm³/mol. The Hall–Kier alpha value is -3.30. The van der Waals surface area contributed by atoms with Gasteiger partial charge in [-0.3, -0.25) is 9.89 Å². The number of para-hydroxylation sites is 1. The van der Waals surface area contributed by atoms with Crippen LogP contribution in [0.5, 0.6) is 5.75 Å². The Kier molecular flexibility index (Phi) is 5.15. The molecule has 0 aliphatic carbocycles. The Morgan fingerprint density at radius 1 is 1.19 bits per heavy atom. The fraction of sp³-hybridized carbons (Fsp3) is 0.261. The summed E-state index contributed by atoms with van der Waals surface area (Å²) in [6.07, 6.45) is 0. The highest BCUT2D eigenvalue weighted by molar-refractivity contribution is 7.18. The molecule has 0 radical (unpaired) electrons. The number of aromatic nitrogens is 3. The Balaban J connectivity index is 1.64. The van der Waals surface area contributed by atoms with E-state index >= 15 is 0 Å². The number of piperazine rings is 1. The van der Waals surface area contributed by atoms with Crippen molar-refractivity contribution in [3.63, 3.8) is 0 Å². The molecule has 3 heterocycles. The van der Waals surface area contributed by atoms with Gasteiger partial charge < -0.3 is 14.9 Å². The monoisotopic (exact) mass is 451 g/mol. The first-order chi connectivity index (χ1) is 15.4. The van der Waals surface area contributed by atoms with Crippen LogP contribution in [0.2, 0.25) is 0 Å². The maximum atomic E-state index is 13.7. The second-order valence-corrected chi connectivity index (χ2v) is 9.03. The maximum Gasteiger partial charge on any atom is 0.274 e.